The van der Waals surface area contributed by atoms with Crippen molar-refractivity contribution in [2.75, 3.05) is 13.2 Å². The summed E-state index contributed by atoms with van der Waals surface area (Å²) in [5.74, 6) is -3.35. The lowest BCUT2D eigenvalue weighted by atomic mass is 10.5. The zero-order chi connectivity index (χ0) is 14.3. The van der Waals surface area contributed by atoms with E-state index >= 15 is 0 Å². The zero-order valence-electron chi connectivity index (χ0n) is 10.0. The van der Waals surface area contributed by atoms with Crippen LogP contribution in [0.5, 0.6) is 0 Å². The summed E-state index contributed by atoms with van der Waals surface area (Å²) in [6.45, 7) is 6.75. The van der Waals surface area contributed by atoms with Crippen LogP contribution < -0.4 is 0 Å². The summed E-state index contributed by atoms with van der Waals surface area (Å²) >= 11 is 0. The lowest BCUT2D eigenvalue weighted by Crippen LogP contribution is -1.91. The molecule has 0 atom stereocenters. The predicted octanol–water partition coefficient (Wildman–Crippen LogP) is 0.845. The van der Waals surface area contributed by atoms with Crippen molar-refractivity contribution in [1.29, 1.82) is 0 Å². The molecule has 0 rings (SSSR count). The Labute approximate surface area is 99.3 Å². The maximum absolute atomic E-state index is 9.55. The van der Waals surface area contributed by atoms with Gasteiger partial charge < -0.3 is 20.1 Å². The van der Waals surface area contributed by atoms with Crippen molar-refractivity contribution in [2.45, 2.75) is 20.8 Å². The van der Waals surface area contributed by atoms with E-state index in [4.69, 9.17) is 24.9 Å². The van der Waals surface area contributed by atoms with Gasteiger partial charge in [0.15, 0.2) is 0 Å². The maximum atomic E-state index is 9.55. The van der Waals surface area contributed by atoms with Crippen molar-refractivity contribution < 1.29 is 34.4 Å². The van der Waals surface area contributed by atoms with Crippen LogP contribution in [-0.2, 0) is 19.1 Å². The van der Waals surface area contributed by atoms with Gasteiger partial charge in [-0.3, -0.25) is 4.79 Å². The lowest BCUT2D eigenvalue weighted by Gasteiger charge is -1.86. The second kappa shape index (κ2) is 16.5. The quantitative estimate of drug-likeness (QED) is 0.632. The molecule has 0 aliphatic carbocycles. The van der Waals surface area contributed by atoms with E-state index in [9.17, 15) is 9.59 Å². The molecule has 7 nitrogen and oxygen atoms in total. The Morgan fingerprint density at radius 2 is 1.18 bits per heavy atom. The topological polar surface area (TPSA) is 121 Å². The Morgan fingerprint density at radius 3 is 1.24 bits per heavy atom. The fraction of sp³-hybridized carbons (Fsp3) is 0.500. The number of carboxylic acid groups (broad SMARTS) is 3. The van der Waals surface area contributed by atoms with E-state index in [-0.39, 0.29) is 0 Å². The molecule has 0 aliphatic heterocycles. The number of aliphatic carboxylic acids is 3. The number of rotatable bonds is 4. The molecule has 0 amide bonds. The highest BCUT2D eigenvalue weighted by Crippen LogP contribution is 1.70. The van der Waals surface area contributed by atoms with Gasteiger partial charge in [-0.1, -0.05) is 0 Å². The lowest BCUT2D eigenvalue weighted by molar-refractivity contribution is -0.134. The van der Waals surface area contributed by atoms with E-state index < -0.39 is 17.9 Å². The third-order valence-corrected chi connectivity index (χ3v) is 0.777. The molecule has 100 valence electrons. The highest BCUT2D eigenvalue weighted by atomic mass is 16.5. The van der Waals surface area contributed by atoms with Gasteiger partial charge in [0.25, 0.3) is 5.97 Å². The molecule has 0 aromatic rings. The Balaban J connectivity index is -0.000000188. The molecule has 0 fully saturated rings. The number of hydrogen-bond donors (Lipinski definition) is 3. The second-order valence-corrected chi connectivity index (χ2v) is 2.31. The predicted molar refractivity (Wildman–Crippen MR) is 59.9 cm³/mol. The van der Waals surface area contributed by atoms with Crippen LogP contribution in [-0.4, -0.2) is 46.4 Å². The van der Waals surface area contributed by atoms with Crippen LogP contribution in [0.25, 0.3) is 0 Å². The monoisotopic (exact) mass is 250 g/mol. The summed E-state index contributed by atoms with van der Waals surface area (Å²) in [6.07, 6.45) is 1.12. The van der Waals surface area contributed by atoms with Crippen molar-refractivity contribution in [3.05, 3.63) is 12.2 Å². The first-order valence-electron chi connectivity index (χ1n) is 4.69. The van der Waals surface area contributed by atoms with Crippen LogP contribution >= 0.6 is 0 Å². The van der Waals surface area contributed by atoms with Gasteiger partial charge >= 0.3 is 11.9 Å². The van der Waals surface area contributed by atoms with Gasteiger partial charge in [-0.15, -0.1) is 0 Å². The fourth-order valence-electron chi connectivity index (χ4n) is 0.347. The van der Waals surface area contributed by atoms with E-state index in [1.165, 1.54) is 0 Å². The molecular formula is C10H18O7. The first-order valence-corrected chi connectivity index (χ1v) is 4.69. The number of carboxylic acids is 3. The first kappa shape index (κ1) is 20.5. The van der Waals surface area contributed by atoms with Crippen LogP contribution in [0.4, 0.5) is 0 Å². The van der Waals surface area contributed by atoms with Crippen LogP contribution in [0.2, 0.25) is 0 Å². The molecule has 0 aromatic carbocycles. The molecule has 0 saturated carbocycles. The largest absolute Gasteiger partial charge is 0.481 e. The van der Waals surface area contributed by atoms with Gasteiger partial charge in [0.05, 0.1) is 0 Å². The molecule has 0 aromatic heterocycles. The molecule has 7 heteroatoms. The summed E-state index contributed by atoms with van der Waals surface area (Å²) < 4.78 is 4.83. The van der Waals surface area contributed by atoms with E-state index in [0.717, 1.165) is 20.1 Å². The first-order chi connectivity index (χ1) is 7.77. The van der Waals surface area contributed by atoms with Crippen LogP contribution in [0.15, 0.2) is 12.2 Å². The van der Waals surface area contributed by atoms with Crippen molar-refractivity contribution in [1.82, 2.24) is 0 Å². The molecule has 0 heterocycles. The number of hydrogen-bond acceptors (Lipinski definition) is 4. The van der Waals surface area contributed by atoms with E-state index in [2.05, 4.69) is 0 Å². The minimum atomic E-state index is -1.26. The Hall–Kier alpha value is -1.89. The highest BCUT2D eigenvalue weighted by Gasteiger charge is 1.88. The van der Waals surface area contributed by atoms with Crippen LogP contribution in [0, 0.1) is 0 Å². The molecular weight excluding hydrogens is 232 g/mol. The minimum Gasteiger partial charge on any atom is -0.481 e. The maximum Gasteiger partial charge on any atom is 0.328 e. The minimum absolute atomic E-state index is 0.558. The molecule has 17 heavy (non-hydrogen) atoms. The number of carbonyl (C=O) groups is 3. The Bertz CT molecular complexity index is 223. The number of ether oxygens (including phenoxy) is 1. The summed E-state index contributed by atoms with van der Waals surface area (Å²) in [6, 6.07) is 0. The van der Waals surface area contributed by atoms with Crippen molar-refractivity contribution in [3.63, 3.8) is 0 Å². The fourth-order valence-corrected chi connectivity index (χ4v) is 0.347. The Morgan fingerprint density at radius 1 is 0.941 bits per heavy atom. The molecule has 0 saturated heterocycles. The van der Waals surface area contributed by atoms with E-state index in [1.54, 1.807) is 0 Å². The van der Waals surface area contributed by atoms with Gasteiger partial charge in [0, 0.05) is 32.3 Å². The zero-order valence-corrected chi connectivity index (χ0v) is 10.0. The van der Waals surface area contributed by atoms with Gasteiger partial charge in [0.1, 0.15) is 0 Å². The standard InChI is InChI=1S/C4H4O4.C4H10O.C2H4O2/c5-3(6)1-2-4(7)8;1-3-5-4-2;1-2(3)4/h1-2H,(H,5,6)(H,7,8);3-4H2,1-2H3;1H3,(H,3,4)/b2-1-;;. The van der Waals surface area contributed by atoms with E-state index in [1.807, 2.05) is 13.8 Å². The van der Waals surface area contributed by atoms with Gasteiger partial charge in [-0.2, -0.15) is 0 Å². The summed E-state index contributed by atoms with van der Waals surface area (Å²) in [5.41, 5.74) is 0. The summed E-state index contributed by atoms with van der Waals surface area (Å²) in [7, 11) is 0. The Kier molecular flexibility index (Phi) is 20.0. The smallest absolute Gasteiger partial charge is 0.328 e. The molecule has 0 aliphatic rings. The van der Waals surface area contributed by atoms with Gasteiger partial charge in [0.2, 0.25) is 0 Å². The van der Waals surface area contributed by atoms with Gasteiger partial charge in [-0.25, -0.2) is 9.59 Å². The second-order valence-electron chi connectivity index (χ2n) is 2.31. The van der Waals surface area contributed by atoms with E-state index in [0.29, 0.717) is 12.2 Å². The summed E-state index contributed by atoms with van der Waals surface area (Å²) in [4.78, 5) is 28.1. The molecule has 3 N–H and O–H groups in total. The van der Waals surface area contributed by atoms with Crippen molar-refractivity contribution >= 4 is 17.9 Å². The average Bonchev–Trinajstić information content (AvgIpc) is 2.16. The highest BCUT2D eigenvalue weighted by molar-refractivity contribution is 5.89. The van der Waals surface area contributed by atoms with Crippen molar-refractivity contribution in [2.24, 2.45) is 0 Å². The SMILES string of the molecule is CC(=O)O.CCOCC.O=C(O)/C=C\C(=O)O. The third-order valence-electron chi connectivity index (χ3n) is 0.777. The molecule has 0 unspecified atom stereocenters. The molecule has 0 radical (unpaired) electrons. The third kappa shape index (κ3) is 79.2. The van der Waals surface area contributed by atoms with Gasteiger partial charge in [-0.05, 0) is 13.8 Å². The normalized spacial score (nSPS) is 8.41. The van der Waals surface area contributed by atoms with Crippen LogP contribution in [0.3, 0.4) is 0 Å². The van der Waals surface area contributed by atoms with Crippen LogP contribution in [0.1, 0.15) is 20.8 Å². The summed E-state index contributed by atoms with van der Waals surface area (Å²) in [5, 5.41) is 23.0. The molecule has 0 bridgehead atoms. The van der Waals surface area contributed by atoms with Crippen molar-refractivity contribution in [3.8, 4) is 0 Å². The molecule has 0 spiro atoms. The average molecular weight is 250 g/mol.